The maximum Gasteiger partial charge on any atom is 0.106 e. The van der Waals surface area contributed by atoms with Crippen LogP contribution in [0.5, 0.6) is 0 Å². The molecule has 0 radical (unpaired) electrons. The third kappa shape index (κ3) is 1.73. The van der Waals surface area contributed by atoms with Crippen molar-refractivity contribution in [3.63, 3.8) is 0 Å². The van der Waals surface area contributed by atoms with Gasteiger partial charge >= 0.3 is 0 Å². The highest BCUT2D eigenvalue weighted by Gasteiger charge is 2.24. The molecular formula is C11H15BrN2S. The molecule has 3 rings (SSSR count). The van der Waals surface area contributed by atoms with E-state index in [0.717, 1.165) is 26.2 Å². The second-order valence-corrected chi connectivity index (χ2v) is 6.09. The van der Waals surface area contributed by atoms with Gasteiger partial charge in [-0.15, -0.1) is 11.3 Å². The van der Waals surface area contributed by atoms with Gasteiger partial charge in [-0.3, -0.25) is 0 Å². The molecule has 1 aromatic heterocycles. The number of rotatable bonds is 1. The lowest BCUT2D eigenvalue weighted by atomic mass is 10.2. The molecule has 0 saturated carbocycles. The minimum atomic E-state index is 1.12. The Morgan fingerprint density at radius 1 is 1.20 bits per heavy atom. The molecule has 82 valence electrons. The van der Waals surface area contributed by atoms with Crippen molar-refractivity contribution in [2.75, 3.05) is 31.1 Å². The summed E-state index contributed by atoms with van der Waals surface area (Å²) in [7, 11) is 0. The number of thiophene rings is 1. The average molecular weight is 287 g/mol. The van der Waals surface area contributed by atoms with Gasteiger partial charge in [0.15, 0.2) is 0 Å². The molecule has 4 heteroatoms. The second kappa shape index (κ2) is 4.07. The van der Waals surface area contributed by atoms with E-state index in [4.69, 9.17) is 0 Å². The van der Waals surface area contributed by atoms with Crippen LogP contribution in [0.3, 0.4) is 0 Å². The summed E-state index contributed by atoms with van der Waals surface area (Å²) in [4.78, 5) is 4.14. The monoisotopic (exact) mass is 286 g/mol. The number of hydrogen-bond acceptors (Lipinski definition) is 3. The standard InChI is InChI=1S/C11H15BrN2S/c12-10-8-2-1-3-9(8)15-11(10)14-6-4-13-5-7-14/h13H,1-7H2. The molecule has 0 aromatic carbocycles. The van der Waals surface area contributed by atoms with Crippen LogP contribution in [-0.4, -0.2) is 26.2 Å². The molecule has 1 saturated heterocycles. The van der Waals surface area contributed by atoms with Crippen LogP contribution in [0.1, 0.15) is 16.9 Å². The first-order chi connectivity index (χ1) is 7.36. The Morgan fingerprint density at radius 3 is 2.73 bits per heavy atom. The van der Waals surface area contributed by atoms with Gasteiger partial charge in [0.2, 0.25) is 0 Å². The van der Waals surface area contributed by atoms with Crippen molar-refractivity contribution in [1.29, 1.82) is 0 Å². The number of fused-ring (bicyclic) bond motifs is 1. The summed E-state index contributed by atoms with van der Waals surface area (Å²) in [6.07, 6.45) is 3.92. The first kappa shape index (κ1) is 10.1. The molecule has 1 fully saturated rings. The summed E-state index contributed by atoms with van der Waals surface area (Å²) < 4.78 is 1.39. The predicted molar refractivity (Wildman–Crippen MR) is 69.1 cm³/mol. The molecule has 2 aliphatic rings. The fraction of sp³-hybridized carbons (Fsp3) is 0.636. The summed E-state index contributed by atoms with van der Waals surface area (Å²) >= 11 is 5.79. The van der Waals surface area contributed by atoms with Crippen molar-refractivity contribution in [2.45, 2.75) is 19.3 Å². The zero-order valence-electron chi connectivity index (χ0n) is 8.68. The highest BCUT2D eigenvalue weighted by Crippen LogP contribution is 2.44. The largest absolute Gasteiger partial charge is 0.360 e. The minimum Gasteiger partial charge on any atom is -0.360 e. The number of aryl methyl sites for hydroxylation is 1. The van der Waals surface area contributed by atoms with Crippen LogP contribution in [0.2, 0.25) is 0 Å². The minimum absolute atomic E-state index is 1.12. The van der Waals surface area contributed by atoms with E-state index in [1.54, 1.807) is 10.4 Å². The topological polar surface area (TPSA) is 15.3 Å². The van der Waals surface area contributed by atoms with Crippen LogP contribution in [0.25, 0.3) is 0 Å². The first-order valence-corrected chi connectivity index (χ1v) is 7.23. The summed E-state index contributed by atoms with van der Waals surface area (Å²) in [6, 6.07) is 0. The molecule has 0 atom stereocenters. The molecule has 0 bridgehead atoms. The zero-order valence-corrected chi connectivity index (χ0v) is 11.1. The van der Waals surface area contributed by atoms with Gasteiger partial charge in [-0.2, -0.15) is 0 Å². The van der Waals surface area contributed by atoms with Gasteiger partial charge in [-0.05, 0) is 40.8 Å². The van der Waals surface area contributed by atoms with Crippen molar-refractivity contribution in [2.24, 2.45) is 0 Å². The van der Waals surface area contributed by atoms with Crippen molar-refractivity contribution in [3.05, 3.63) is 14.9 Å². The van der Waals surface area contributed by atoms with E-state index in [1.165, 1.54) is 28.7 Å². The second-order valence-electron chi connectivity index (χ2n) is 4.21. The molecule has 0 amide bonds. The molecular weight excluding hydrogens is 272 g/mol. The first-order valence-electron chi connectivity index (χ1n) is 5.62. The van der Waals surface area contributed by atoms with Crippen molar-refractivity contribution in [3.8, 4) is 0 Å². The van der Waals surface area contributed by atoms with Gasteiger partial charge in [-0.25, -0.2) is 0 Å². The lowest BCUT2D eigenvalue weighted by Crippen LogP contribution is -2.43. The maximum atomic E-state index is 3.79. The summed E-state index contributed by atoms with van der Waals surface area (Å²) in [6.45, 7) is 4.54. The van der Waals surface area contributed by atoms with Crippen molar-refractivity contribution >= 4 is 32.3 Å². The van der Waals surface area contributed by atoms with Crippen LogP contribution < -0.4 is 10.2 Å². The van der Waals surface area contributed by atoms with Gasteiger partial charge < -0.3 is 10.2 Å². The Morgan fingerprint density at radius 2 is 2.00 bits per heavy atom. The highest BCUT2D eigenvalue weighted by molar-refractivity contribution is 9.10. The van der Waals surface area contributed by atoms with Gasteiger partial charge in [0.25, 0.3) is 0 Å². The van der Waals surface area contributed by atoms with E-state index in [-0.39, 0.29) is 0 Å². The summed E-state index contributed by atoms with van der Waals surface area (Å²) in [5, 5.41) is 4.87. The van der Waals surface area contributed by atoms with E-state index >= 15 is 0 Å². The third-order valence-corrected chi connectivity index (χ3v) is 5.71. The van der Waals surface area contributed by atoms with Crippen LogP contribution in [-0.2, 0) is 12.8 Å². The van der Waals surface area contributed by atoms with Crippen LogP contribution in [0.4, 0.5) is 5.00 Å². The SMILES string of the molecule is Brc1c(N2CCNCC2)sc2c1CCC2. The average Bonchev–Trinajstić information content (AvgIpc) is 2.83. The number of nitrogens with one attached hydrogen (secondary N) is 1. The fourth-order valence-electron chi connectivity index (χ4n) is 2.42. The number of anilines is 1. The van der Waals surface area contributed by atoms with Crippen LogP contribution >= 0.6 is 27.3 Å². The number of hydrogen-bond donors (Lipinski definition) is 1. The Hall–Kier alpha value is -0.0600. The summed E-state index contributed by atoms with van der Waals surface area (Å²) in [5.74, 6) is 0. The Labute approximate surface area is 103 Å². The molecule has 2 heterocycles. The quantitative estimate of drug-likeness (QED) is 0.853. The molecule has 1 N–H and O–H groups in total. The fourth-order valence-corrected chi connectivity index (χ4v) is 4.82. The normalized spacial score (nSPS) is 20.7. The van der Waals surface area contributed by atoms with Gasteiger partial charge in [0.1, 0.15) is 5.00 Å². The molecule has 1 aliphatic heterocycles. The third-order valence-electron chi connectivity index (χ3n) is 3.24. The number of nitrogens with zero attached hydrogens (tertiary/aromatic N) is 1. The Balaban J connectivity index is 1.91. The predicted octanol–water partition coefficient (Wildman–Crippen LogP) is 2.41. The number of piperazine rings is 1. The van der Waals surface area contributed by atoms with E-state index in [9.17, 15) is 0 Å². The summed E-state index contributed by atoms with van der Waals surface area (Å²) in [5.41, 5.74) is 1.59. The van der Waals surface area contributed by atoms with E-state index in [1.807, 2.05) is 11.3 Å². The molecule has 2 nitrogen and oxygen atoms in total. The molecule has 0 spiro atoms. The molecule has 0 unspecified atom stereocenters. The zero-order chi connectivity index (χ0) is 10.3. The Kier molecular flexibility index (Phi) is 2.75. The van der Waals surface area contributed by atoms with Crippen LogP contribution in [0, 0.1) is 0 Å². The lowest BCUT2D eigenvalue weighted by molar-refractivity contribution is 0.591. The smallest absolute Gasteiger partial charge is 0.106 e. The van der Waals surface area contributed by atoms with Gasteiger partial charge in [-0.1, -0.05) is 0 Å². The molecule has 1 aliphatic carbocycles. The van der Waals surface area contributed by atoms with Crippen molar-refractivity contribution in [1.82, 2.24) is 5.32 Å². The highest BCUT2D eigenvalue weighted by atomic mass is 79.9. The van der Waals surface area contributed by atoms with Crippen LogP contribution in [0.15, 0.2) is 4.47 Å². The Bertz CT molecular complexity index is 369. The maximum absolute atomic E-state index is 3.79. The van der Waals surface area contributed by atoms with Gasteiger partial charge in [0, 0.05) is 31.1 Å². The lowest BCUT2D eigenvalue weighted by Gasteiger charge is -2.28. The van der Waals surface area contributed by atoms with Gasteiger partial charge in [0.05, 0.1) is 4.47 Å². The van der Waals surface area contributed by atoms with E-state index in [0.29, 0.717) is 0 Å². The van der Waals surface area contributed by atoms with E-state index < -0.39 is 0 Å². The van der Waals surface area contributed by atoms with Crippen molar-refractivity contribution < 1.29 is 0 Å². The molecule has 1 aromatic rings. The van der Waals surface area contributed by atoms with E-state index in [2.05, 4.69) is 26.1 Å². The number of halogens is 1. The molecule has 15 heavy (non-hydrogen) atoms.